The zero-order valence-corrected chi connectivity index (χ0v) is 17.2. The Morgan fingerprint density at radius 3 is 2.72 bits per heavy atom. The molecule has 2 heterocycles. The topological polar surface area (TPSA) is 63.7 Å². The third-order valence-electron chi connectivity index (χ3n) is 4.78. The van der Waals surface area contributed by atoms with E-state index in [-0.39, 0.29) is 5.91 Å². The van der Waals surface area contributed by atoms with Crippen LogP contribution in [-0.4, -0.2) is 37.7 Å². The lowest BCUT2D eigenvalue weighted by Crippen LogP contribution is -2.21. The third kappa shape index (κ3) is 5.98. The van der Waals surface area contributed by atoms with E-state index in [0.717, 1.165) is 36.5 Å². The molecule has 1 aliphatic rings. The van der Waals surface area contributed by atoms with Crippen LogP contribution in [0, 0.1) is 0 Å². The predicted octanol–water partition coefficient (Wildman–Crippen LogP) is 3.81. The van der Waals surface area contributed by atoms with Crippen molar-refractivity contribution in [2.45, 2.75) is 32.7 Å². The van der Waals surface area contributed by atoms with Gasteiger partial charge in [0.05, 0.1) is 13.7 Å². The van der Waals surface area contributed by atoms with Crippen LogP contribution in [0.15, 0.2) is 42.6 Å². The Kier molecular flexibility index (Phi) is 7.50. The number of nitrogens with zero attached hydrogens (tertiary/aromatic N) is 2. The van der Waals surface area contributed by atoms with Crippen molar-refractivity contribution in [1.29, 1.82) is 0 Å². The fraction of sp³-hybridized carbons (Fsp3) is 0.391. The molecule has 2 aromatic rings. The maximum absolute atomic E-state index is 12.1. The molecule has 6 heteroatoms. The van der Waals surface area contributed by atoms with E-state index in [2.05, 4.69) is 22.1 Å². The Labute approximate surface area is 172 Å². The number of ether oxygens (including phenoxy) is 2. The quantitative estimate of drug-likeness (QED) is 0.654. The highest BCUT2D eigenvalue weighted by Gasteiger charge is 2.13. The number of nitrogens with one attached hydrogen (secondary N) is 1. The number of aromatic nitrogens is 1. The van der Waals surface area contributed by atoms with Crippen LogP contribution in [0.3, 0.4) is 0 Å². The van der Waals surface area contributed by atoms with E-state index in [1.165, 1.54) is 18.9 Å². The van der Waals surface area contributed by atoms with Crippen LogP contribution in [-0.2, 0) is 11.3 Å². The molecule has 0 aliphatic carbocycles. The number of methoxy groups -OCH3 is 1. The molecular weight excluding hydrogens is 366 g/mol. The standard InChI is InChI=1S/C23H29N3O3/c1-3-14-29-20-9-6-18(15-21(20)28-2)8-11-23(27)25-17-19-7-10-22(24-16-19)26-12-4-5-13-26/h6-11,15-16H,3-5,12-14,17H2,1-2H3,(H,25,27)/b11-8+. The maximum atomic E-state index is 12.1. The van der Waals surface area contributed by atoms with Crippen LogP contribution >= 0.6 is 0 Å². The Morgan fingerprint density at radius 1 is 1.21 bits per heavy atom. The van der Waals surface area contributed by atoms with Gasteiger partial charge in [-0.25, -0.2) is 4.98 Å². The van der Waals surface area contributed by atoms with E-state index in [4.69, 9.17) is 9.47 Å². The van der Waals surface area contributed by atoms with Crippen LogP contribution in [0.1, 0.15) is 37.3 Å². The van der Waals surface area contributed by atoms with E-state index in [1.807, 2.05) is 36.5 Å². The van der Waals surface area contributed by atoms with E-state index in [9.17, 15) is 4.79 Å². The van der Waals surface area contributed by atoms with E-state index in [1.54, 1.807) is 13.2 Å². The molecule has 0 spiro atoms. The van der Waals surface area contributed by atoms with Crippen molar-refractivity contribution in [2.24, 2.45) is 0 Å². The molecule has 1 saturated heterocycles. The molecule has 0 bridgehead atoms. The molecule has 0 radical (unpaired) electrons. The summed E-state index contributed by atoms with van der Waals surface area (Å²) >= 11 is 0. The summed E-state index contributed by atoms with van der Waals surface area (Å²) < 4.78 is 11.0. The summed E-state index contributed by atoms with van der Waals surface area (Å²) in [6.07, 6.45) is 8.50. The summed E-state index contributed by atoms with van der Waals surface area (Å²) in [5.41, 5.74) is 1.85. The lowest BCUT2D eigenvalue weighted by molar-refractivity contribution is -0.116. The van der Waals surface area contributed by atoms with Gasteiger partial charge in [0.15, 0.2) is 11.5 Å². The molecular formula is C23H29N3O3. The largest absolute Gasteiger partial charge is 0.493 e. The van der Waals surface area contributed by atoms with Crippen LogP contribution in [0.5, 0.6) is 11.5 Å². The average Bonchev–Trinajstić information content (AvgIpc) is 3.30. The lowest BCUT2D eigenvalue weighted by atomic mass is 10.2. The number of anilines is 1. The van der Waals surface area contributed by atoms with Gasteiger partial charge >= 0.3 is 0 Å². The summed E-state index contributed by atoms with van der Waals surface area (Å²) in [6.45, 7) is 5.29. The van der Waals surface area contributed by atoms with Crippen molar-refractivity contribution in [3.05, 3.63) is 53.7 Å². The first-order valence-corrected chi connectivity index (χ1v) is 10.2. The van der Waals surface area contributed by atoms with Gasteiger partial charge in [0, 0.05) is 31.9 Å². The van der Waals surface area contributed by atoms with Crippen LogP contribution in [0.4, 0.5) is 5.82 Å². The van der Waals surface area contributed by atoms with Crippen molar-refractivity contribution < 1.29 is 14.3 Å². The molecule has 1 aromatic heterocycles. The molecule has 1 aliphatic heterocycles. The van der Waals surface area contributed by atoms with E-state index in [0.29, 0.717) is 24.7 Å². The first-order chi connectivity index (χ1) is 14.2. The summed E-state index contributed by atoms with van der Waals surface area (Å²) in [6, 6.07) is 9.66. The minimum absolute atomic E-state index is 0.154. The van der Waals surface area contributed by atoms with Gasteiger partial charge < -0.3 is 19.7 Å². The monoisotopic (exact) mass is 395 g/mol. The number of pyridine rings is 1. The molecule has 29 heavy (non-hydrogen) atoms. The molecule has 154 valence electrons. The molecule has 0 saturated carbocycles. The minimum atomic E-state index is -0.154. The maximum Gasteiger partial charge on any atom is 0.244 e. The van der Waals surface area contributed by atoms with E-state index < -0.39 is 0 Å². The third-order valence-corrected chi connectivity index (χ3v) is 4.78. The lowest BCUT2D eigenvalue weighted by Gasteiger charge is -2.16. The van der Waals surface area contributed by atoms with Crippen molar-refractivity contribution >= 4 is 17.8 Å². The normalized spacial score (nSPS) is 13.7. The van der Waals surface area contributed by atoms with Crippen molar-refractivity contribution in [3.63, 3.8) is 0 Å². The fourth-order valence-electron chi connectivity index (χ4n) is 3.19. The SMILES string of the molecule is CCCOc1ccc(/C=C/C(=O)NCc2ccc(N3CCCC3)nc2)cc1OC. The molecule has 1 N–H and O–H groups in total. The van der Waals surface area contributed by atoms with Gasteiger partial charge in [-0.15, -0.1) is 0 Å². The molecule has 1 fully saturated rings. The Balaban J connectivity index is 1.51. The summed E-state index contributed by atoms with van der Waals surface area (Å²) in [7, 11) is 1.61. The number of benzene rings is 1. The molecule has 1 amide bonds. The molecule has 0 atom stereocenters. The van der Waals surface area contributed by atoms with Gasteiger partial charge in [-0.1, -0.05) is 19.1 Å². The zero-order chi connectivity index (χ0) is 20.5. The molecule has 6 nitrogen and oxygen atoms in total. The van der Waals surface area contributed by atoms with Gasteiger partial charge in [-0.3, -0.25) is 4.79 Å². The van der Waals surface area contributed by atoms with Crippen LogP contribution in [0.25, 0.3) is 6.08 Å². The Morgan fingerprint density at radius 2 is 2.03 bits per heavy atom. The number of hydrogen-bond donors (Lipinski definition) is 1. The van der Waals surface area contributed by atoms with Gasteiger partial charge in [-0.2, -0.15) is 0 Å². The zero-order valence-electron chi connectivity index (χ0n) is 17.2. The van der Waals surface area contributed by atoms with Gasteiger partial charge in [0.2, 0.25) is 5.91 Å². The molecule has 0 unspecified atom stereocenters. The number of amides is 1. The van der Waals surface area contributed by atoms with Gasteiger partial charge in [-0.05, 0) is 54.7 Å². The second kappa shape index (κ2) is 10.5. The highest BCUT2D eigenvalue weighted by atomic mass is 16.5. The summed E-state index contributed by atoms with van der Waals surface area (Å²) in [5, 5.41) is 2.89. The average molecular weight is 396 g/mol. The van der Waals surface area contributed by atoms with Gasteiger partial charge in [0.25, 0.3) is 0 Å². The highest BCUT2D eigenvalue weighted by Crippen LogP contribution is 2.28. The van der Waals surface area contributed by atoms with Crippen molar-refractivity contribution in [2.75, 3.05) is 31.7 Å². The minimum Gasteiger partial charge on any atom is -0.493 e. The summed E-state index contributed by atoms with van der Waals surface area (Å²) in [5.74, 6) is 2.22. The second-order valence-corrected chi connectivity index (χ2v) is 7.03. The number of carbonyl (C=O) groups excluding carboxylic acids is 1. The first-order valence-electron chi connectivity index (χ1n) is 10.2. The molecule has 1 aromatic carbocycles. The Bertz CT molecular complexity index is 828. The summed E-state index contributed by atoms with van der Waals surface area (Å²) in [4.78, 5) is 18.9. The highest BCUT2D eigenvalue weighted by molar-refractivity contribution is 5.91. The van der Waals surface area contributed by atoms with E-state index >= 15 is 0 Å². The number of rotatable bonds is 9. The number of hydrogen-bond acceptors (Lipinski definition) is 5. The molecule has 3 rings (SSSR count). The fourth-order valence-corrected chi connectivity index (χ4v) is 3.19. The van der Waals surface area contributed by atoms with Crippen molar-refractivity contribution in [3.8, 4) is 11.5 Å². The smallest absolute Gasteiger partial charge is 0.244 e. The predicted molar refractivity (Wildman–Crippen MR) is 115 cm³/mol. The van der Waals surface area contributed by atoms with Crippen LogP contribution < -0.4 is 19.7 Å². The van der Waals surface area contributed by atoms with Crippen molar-refractivity contribution in [1.82, 2.24) is 10.3 Å². The number of carbonyl (C=O) groups is 1. The first kappa shape index (κ1) is 20.7. The Hall–Kier alpha value is -3.02. The van der Waals surface area contributed by atoms with Crippen LogP contribution in [0.2, 0.25) is 0 Å². The van der Waals surface area contributed by atoms with Gasteiger partial charge in [0.1, 0.15) is 5.82 Å². The second-order valence-electron chi connectivity index (χ2n) is 7.03.